The minimum absolute atomic E-state index is 0.00917. The molecule has 0 saturated heterocycles. The van der Waals surface area contributed by atoms with Crippen LogP contribution in [0.2, 0.25) is 0 Å². The number of hydrogen-bond donors (Lipinski definition) is 0. The fraction of sp³-hybridized carbons (Fsp3) is 0.0769. The van der Waals surface area contributed by atoms with Gasteiger partial charge >= 0.3 is 6.18 Å². The third kappa shape index (κ3) is 4.46. The highest BCUT2D eigenvalue weighted by atomic mass is 19.4. The van der Waals surface area contributed by atoms with Gasteiger partial charge in [0.25, 0.3) is 0 Å². The summed E-state index contributed by atoms with van der Waals surface area (Å²) in [6.07, 6.45) is -4.94. The van der Waals surface area contributed by atoms with E-state index < -0.39 is 46.4 Å². The molecule has 172 valence electrons. The van der Waals surface area contributed by atoms with Gasteiger partial charge in [-0.1, -0.05) is 30.2 Å². The summed E-state index contributed by atoms with van der Waals surface area (Å²) in [5, 5.41) is -0.423. The molecule has 0 nitrogen and oxygen atoms in total. The van der Waals surface area contributed by atoms with Gasteiger partial charge < -0.3 is 0 Å². The van der Waals surface area contributed by atoms with Crippen molar-refractivity contribution in [2.24, 2.45) is 0 Å². The predicted molar refractivity (Wildman–Crippen MR) is 112 cm³/mol. The average Bonchev–Trinajstić information content (AvgIpc) is 2.72. The number of fused-ring (bicyclic) bond motifs is 1. The first-order valence-corrected chi connectivity index (χ1v) is 9.72. The summed E-state index contributed by atoms with van der Waals surface area (Å²) in [6.45, 7) is 1.66. The topological polar surface area (TPSA) is 0 Å². The Kier molecular flexibility index (Phi) is 5.82. The summed E-state index contributed by atoms with van der Waals surface area (Å²) in [5.41, 5.74) is -1.08. The average molecular weight is 476 g/mol. The van der Waals surface area contributed by atoms with Gasteiger partial charge in [0.05, 0.1) is 11.1 Å². The number of benzene rings is 4. The molecule has 0 fully saturated rings. The lowest BCUT2D eigenvalue weighted by Crippen LogP contribution is -2.02. The molecule has 4 aromatic carbocycles. The van der Waals surface area contributed by atoms with E-state index in [9.17, 15) is 35.1 Å². The molecule has 34 heavy (non-hydrogen) atoms. The van der Waals surface area contributed by atoms with Gasteiger partial charge in [-0.05, 0) is 59.3 Å². The summed E-state index contributed by atoms with van der Waals surface area (Å²) in [4.78, 5) is 0. The molecule has 4 rings (SSSR count). The molecule has 0 radical (unpaired) electrons. The second kappa shape index (κ2) is 8.49. The van der Waals surface area contributed by atoms with Gasteiger partial charge in [0.2, 0.25) is 0 Å². The van der Waals surface area contributed by atoms with E-state index in [-0.39, 0.29) is 27.5 Å². The van der Waals surface area contributed by atoms with Crippen LogP contribution < -0.4 is 0 Å². The first-order chi connectivity index (χ1) is 15.9. The maximum Gasteiger partial charge on any atom is 0.458 e. The molecule has 0 amide bonds. The van der Waals surface area contributed by atoms with E-state index in [0.717, 1.165) is 42.3 Å². The molecule has 0 aliphatic rings. The predicted octanol–water partition coefficient (Wildman–Crippen LogP) is 8.09. The van der Waals surface area contributed by atoms with Crippen LogP contribution in [0.3, 0.4) is 0 Å². The van der Waals surface area contributed by atoms with Gasteiger partial charge in [0.1, 0.15) is 29.1 Å². The highest BCUT2D eigenvalue weighted by molar-refractivity contribution is 5.89. The molecule has 0 N–H and O–H groups in total. The molecule has 0 spiro atoms. The van der Waals surface area contributed by atoms with Crippen LogP contribution in [-0.2, 0) is 0 Å². The third-order valence-electron chi connectivity index (χ3n) is 5.12. The van der Waals surface area contributed by atoms with Crippen molar-refractivity contribution in [3.05, 3.63) is 94.8 Å². The monoisotopic (exact) mass is 476 g/mol. The Morgan fingerprint density at radius 3 is 1.97 bits per heavy atom. The minimum atomic E-state index is -4.94. The van der Waals surface area contributed by atoms with Crippen LogP contribution in [-0.4, -0.2) is 6.18 Å². The molecular formula is C26H12F8. The van der Waals surface area contributed by atoms with E-state index in [4.69, 9.17) is 0 Å². The van der Waals surface area contributed by atoms with Crippen molar-refractivity contribution in [2.45, 2.75) is 13.1 Å². The molecule has 0 aliphatic carbocycles. The minimum Gasteiger partial charge on any atom is -0.206 e. The number of halogens is 8. The van der Waals surface area contributed by atoms with Crippen molar-refractivity contribution < 1.29 is 35.1 Å². The van der Waals surface area contributed by atoms with Crippen LogP contribution in [0.15, 0.2) is 54.6 Å². The van der Waals surface area contributed by atoms with Gasteiger partial charge in [0.15, 0.2) is 0 Å². The quantitative estimate of drug-likeness (QED) is 0.203. The first-order valence-electron chi connectivity index (χ1n) is 9.72. The van der Waals surface area contributed by atoms with Crippen molar-refractivity contribution in [1.29, 1.82) is 0 Å². The van der Waals surface area contributed by atoms with Crippen molar-refractivity contribution in [1.82, 2.24) is 0 Å². The Hall–Kier alpha value is -3.86. The number of rotatable bonds is 2. The largest absolute Gasteiger partial charge is 0.458 e. The van der Waals surface area contributed by atoms with Crippen molar-refractivity contribution in [2.75, 3.05) is 0 Å². The fourth-order valence-electron chi connectivity index (χ4n) is 3.59. The molecule has 0 heterocycles. The maximum atomic E-state index is 14.9. The summed E-state index contributed by atoms with van der Waals surface area (Å²) in [5.74, 6) is -3.18. The lowest BCUT2D eigenvalue weighted by molar-refractivity contribution is -0.0696. The molecule has 0 aromatic heterocycles. The van der Waals surface area contributed by atoms with E-state index in [2.05, 4.69) is 0 Å². The summed E-state index contributed by atoms with van der Waals surface area (Å²) >= 11 is 0. The lowest BCUT2D eigenvalue weighted by atomic mass is 9.95. The Balaban J connectivity index is 1.82. The first kappa shape index (κ1) is 23.3. The van der Waals surface area contributed by atoms with Crippen molar-refractivity contribution in [3.63, 3.8) is 0 Å². The van der Waals surface area contributed by atoms with Crippen LogP contribution in [0.5, 0.6) is 0 Å². The Labute approximate surface area is 188 Å². The Morgan fingerprint density at radius 2 is 1.35 bits per heavy atom. The number of alkyl halides is 3. The second-order valence-corrected chi connectivity index (χ2v) is 7.53. The van der Waals surface area contributed by atoms with Gasteiger partial charge in [0, 0.05) is 16.9 Å². The molecular weight excluding hydrogens is 464 g/mol. The Bertz CT molecular complexity index is 1480. The summed E-state index contributed by atoms with van der Waals surface area (Å²) in [7, 11) is 0. The zero-order valence-corrected chi connectivity index (χ0v) is 17.2. The summed E-state index contributed by atoms with van der Waals surface area (Å²) in [6, 6.07) is 10.1. The van der Waals surface area contributed by atoms with Gasteiger partial charge in [-0.3, -0.25) is 0 Å². The highest BCUT2D eigenvalue weighted by Crippen LogP contribution is 2.35. The van der Waals surface area contributed by atoms with E-state index in [1.165, 1.54) is 18.1 Å². The highest BCUT2D eigenvalue weighted by Gasteiger charge is 2.24. The molecule has 8 heteroatoms. The molecule has 0 aliphatic heterocycles. The van der Waals surface area contributed by atoms with Crippen LogP contribution in [0.4, 0.5) is 35.1 Å². The van der Waals surface area contributed by atoms with Gasteiger partial charge in [-0.15, -0.1) is 0 Å². The van der Waals surface area contributed by atoms with E-state index in [0.29, 0.717) is 5.56 Å². The number of aryl methyl sites for hydroxylation is 1. The van der Waals surface area contributed by atoms with E-state index in [1.807, 2.05) is 0 Å². The van der Waals surface area contributed by atoms with Gasteiger partial charge in [-0.25, -0.2) is 22.0 Å². The van der Waals surface area contributed by atoms with E-state index >= 15 is 0 Å². The lowest BCUT2D eigenvalue weighted by Gasteiger charge is -2.11. The normalized spacial score (nSPS) is 11.4. The van der Waals surface area contributed by atoms with E-state index in [1.54, 1.807) is 13.0 Å². The standard InChI is InChI=1S/C26H12F8/c1-13-2-4-17(20(27)8-13)16-11-22(29)24(23(30)12-16)14-3-5-18-15(9-14)10-21(28)19(25(18)31)6-7-26(32,33)34/h2-5,8-12H,1H3. The molecule has 4 aromatic rings. The fourth-order valence-corrected chi connectivity index (χ4v) is 3.59. The molecule has 0 bridgehead atoms. The van der Waals surface area contributed by atoms with Gasteiger partial charge in [-0.2, -0.15) is 13.2 Å². The van der Waals surface area contributed by atoms with Crippen LogP contribution in [0, 0.1) is 47.9 Å². The smallest absolute Gasteiger partial charge is 0.206 e. The maximum absolute atomic E-state index is 14.9. The Morgan fingerprint density at radius 1 is 0.676 bits per heavy atom. The molecule has 0 saturated carbocycles. The van der Waals surface area contributed by atoms with Crippen molar-refractivity contribution >= 4 is 10.8 Å². The van der Waals surface area contributed by atoms with Crippen molar-refractivity contribution in [3.8, 4) is 34.1 Å². The van der Waals surface area contributed by atoms with Crippen LogP contribution >= 0.6 is 0 Å². The zero-order valence-electron chi connectivity index (χ0n) is 17.2. The van der Waals surface area contributed by atoms with Crippen LogP contribution in [0.25, 0.3) is 33.0 Å². The second-order valence-electron chi connectivity index (χ2n) is 7.53. The zero-order chi connectivity index (χ0) is 24.8. The third-order valence-corrected chi connectivity index (χ3v) is 5.12. The molecule has 0 atom stereocenters. The molecule has 0 unspecified atom stereocenters. The SMILES string of the molecule is Cc1ccc(-c2cc(F)c(-c3ccc4c(F)c(C#CC(F)(F)F)c(F)cc4c3)c(F)c2)c(F)c1. The number of hydrogen-bond acceptors (Lipinski definition) is 0. The summed E-state index contributed by atoms with van der Waals surface area (Å²) < 4.78 is 110. The van der Waals surface area contributed by atoms with Crippen LogP contribution in [0.1, 0.15) is 11.1 Å².